The molecule has 1 aromatic carbocycles. The molecular formula is C14H14Cl2N2O4S. The summed E-state index contributed by atoms with van der Waals surface area (Å²) < 4.78 is 27.0. The van der Waals surface area contributed by atoms with Gasteiger partial charge >= 0.3 is 5.97 Å². The average Bonchev–Trinajstić information content (AvgIpc) is 2.49. The first kappa shape index (κ1) is 17.9. The van der Waals surface area contributed by atoms with E-state index in [1.54, 1.807) is 0 Å². The minimum absolute atomic E-state index is 0.0443. The Bertz CT molecular complexity index is 882. The lowest BCUT2D eigenvalue weighted by Gasteiger charge is -2.19. The van der Waals surface area contributed by atoms with Crippen LogP contribution < -0.4 is 4.72 Å². The summed E-state index contributed by atoms with van der Waals surface area (Å²) in [6, 6.07) is 4.26. The minimum Gasteiger partial charge on any atom is -0.481 e. The second-order valence-corrected chi connectivity index (χ2v) is 8.15. The summed E-state index contributed by atoms with van der Waals surface area (Å²) in [7, 11) is -3.89. The van der Waals surface area contributed by atoms with Crippen molar-refractivity contribution in [1.82, 2.24) is 9.71 Å². The molecule has 9 heteroatoms. The van der Waals surface area contributed by atoms with Crippen molar-refractivity contribution in [2.75, 3.05) is 6.54 Å². The Morgan fingerprint density at radius 3 is 2.57 bits per heavy atom. The van der Waals surface area contributed by atoms with Gasteiger partial charge in [0.2, 0.25) is 10.0 Å². The van der Waals surface area contributed by atoms with E-state index in [0.29, 0.717) is 15.8 Å². The van der Waals surface area contributed by atoms with E-state index in [9.17, 15) is 13.2 Å². The third kappa shape index (κ3) is 3.74. The Balaban J connectivity index is 2.39. The maximum absolute atomic E-state index is 12.3. The molecule has 0 aliphatic rings. The molecule has 2 rings (SSSR count). The number of benzene rings is 1. The first-order valence-electron chi connectivity index (χ1n) is 6.51. The average molecular weight is 377 g/mol. The number of carbonyl (C=O) groups is 1. The summed E-state index contributed by atoms with van der Waals surface area (Å²) in [5, 5.41) is 10.5. The number of nitrogens with zero attached hydrogens (tertiary/aromatic N) is 1. The number of nitrogens with one attached hydrogen (secondary N) is 1. The third-order valence-electron chi connectivity index (χ3n) is 3.36. The zero-order valence-electron chi connectivity index (χ0n) is 12.3. The predicted octanol–water partition coefficient (Wildman–Crippen LogP) is 2.93. The normalized spacial score (nSPS) is 12.5. The van der Waals surface area contributed by atoms with Crippen LogP contribution in [0, 0.1) is 5.41 Å². The van der Waals surface area contributed by atoms with Gasteiger partial charge in [0.1, 0.15) is 5.15 Å². The van der Waals surface area contributed by atoms with Crippen molar-refractivity contribution in [1.29, 1.82) is 0 Å². The number of hydrogen-bond donors (Lipinski definition) is 2. The van der Waals surface area contributed by atoms with Crippen LogP contribution in [0.4, 0.5) is 0 Å². The van der Waals surface area contributed by atoms with Crippen molar-refractivity contribution in [3.63, 3.8) is 0 Å². The molecule has 124 valence electrons. The molecule has 0 unspecified atom stereocenters. The molecule has 0 aliphatic heterocycles. The van der Waals surface area contributed by atoms with Crippen LogP contribution >= 0.6 is 23.2 Å². The molecule has 23 heavy (non-hydrogen) atoms. The number of pyridine rings is 1. The molecule has 0 atom stereocenters. The number of carboxylic acids is 1. The molecule has 0 aliphatic carbocycles. The van der Waals surface area contributed by atoms with E-state index in [0.717, 1.165) is 0 Å². The van der Waals surface area contributed by atoms with E-state index in [1.165, 1.54) is 38.2 Å². The van der Waals surface area contributed by atoms with Crippen LogP contribution in [0.1, 0.15) is 13.8 Å². The zero-order chi connectivity index (χ0) is 17.4. The van der Waals surface area contributed by atoms with Gasteiger partial charge in [0.25, 0.3) is 0 Å². The fourth-order valence-electron chi connectivity index (χ4n) is 1.76. The molecule has 1 aromatic heterocycles. The molecule has 0 bridgehead atoms. The quantitative estimate of drug-likeness (QED) is 0.781. The topological polar surface area (TPSA) is 96.4 Å². The monoisotopic (exact) mass is 376 g/mol. The Labute approximate surface area is 143 Å². The van der Waals surface area contributed by atoms with Gasteiger partial charge in [-0.3, -0.25) is 4.79 Å². The summed E-state index contributed by atoms with van der Waals surface area (Å²) in [5.74, 6) is -1.10. The molecule has 6 nitrogen and oxygen atoms in total. The second-order valence-electron chi connectivity index (χ2n) is 5.62. The van der Waals surface area contributed by atoms with E-state index >= 15 is 0 Å². The highest BCUT2D eigenvalue weighted by molar-refractivity contribution is 7.89. The molecule has 0 spiro atoms. The van der Waals surface area contributed by atoms with Crippen LogP contribution in [-0.4, -0.2) is 31.0 Å². The van der Waals surface area contributed by atoms with E-state index < -0.39 is 21.4 Å². The largest absolute Gasteiger partial charge is 0.481 e. The predicted molar refractivity (Wildman–Crippen MR) is 88.4 cm³/mol. The molecule has 0 saturated heterocycles. The highest BCUT2D eigenvalue weighted by Crippen LogP contribution is 2.29. The van der Waals surface area contributed by atoms with Crippen LogP contribution in [0.3, 0.4) is 0 Å². The smallest absolute Gasteiger partial charge is 0.310 e. The number of sulfonamides is 1. The molecule has 1 heterocycles. The Hall–Kier alpha value is -1.41. The van der Waals surface area contributed by atoms with E-state index in [4.69, 9.17) is 28.3 Å². The lowest BCUT2D eigenvalue weighted by Crippen LogP contribution is -2.38. The van der Waals surface area contributed by atoms with Crippen LogP contribution in [-0.2, 0) is 14.8 Å². The van der Waals surface area contributed by atoms with Gasteiger partial charge in [-0.25, -0.2) is 18.1 Å². The van der Waals surface area contributed by atoms with Gasteiger partial charge in [0.05, 0.1) is 15.3 Å². The fourth-order valence-corrected chi connectivity index (χ4v) is 3.41. The first-order valence-corrected chi connectivity index (χ1v) is 8.75. The highest BCUT2D eigenvalue weighted by Gasteiger charge is 2.29. The zero-order valence-corrected chi connectivity index (χ0v) is 14.6. The van der Waals surface area contributed by atoms with Gasteiger partial charge < -0.3 is 5.11 Å². The van der Waals surface area contributed by atoms with Crippen LogP contribution in [0.25, 0.3) is 10.8 Å². The van der Waals surface area contributed by atoms with Gasteiger partial charge in [-0.2, -0.15) is 0 Å². The molecular weight excluding hydrogens is 363 g/mol. The molecule has 2 aromatic rings. The molecule has 2 N–H and O–H groups in total. The molecule has 0 radical (unpaired) electrons. The van der Waals surface area contributed by atoms with Crippen molar-refractivity contribution < 1.29 is 18.3 Å². The standard InChI is InChI=1S/C14H14Cl2N2O4S/c1-14(2,13(19)20)7-18-23(21,22)8-3-4-9-10(5-8)12(16)17-6-11(9)15/h3-6,18H,7H2,1-2H3,(H,19,20). The van der Waals surface area contributed by atoms with Crippen molar-refractivity contribution in [2.24, 2.45) is 5.41 Å². The number of aromatic nitrogens is 1. The maximum Gasteiger partial charge on any atom is 0.310 e. The van der Waals surface area contributed by atoms with Crippen LogP contribution in [0.2, 0.25) is 10.2 Å². The minimum atomic E-state index is -3.89. The van der Waals surface area contributed by atoms with Crippen LogP contribution in [0.5, 0.6) is 0 Å². The van der Waals surface area contributed by atoms with E-state index in [1.807, 2.05) is 0 Å². The summed E-state index contributed by atoms with van der Waals surface area (Å²) in [4.78, 5) is 14.9. The van der Waals surface area contributed by atoms with Crippen LogP contribution in [0.15, 0.2) is 29.3 Å². The number of carboxylic acid groups (broad SMARTS) is 1. The lowest BCUT2D eigenvalue weighted by atomic mass is 9.95. The summed E-state index contributed by atoms with van der Waals surface area (Å²) >= 11 is 12.0. The van der Waals surface area contributed by atoms with E-state index in [2.05, 4.69) is 9.71 Å². The molecule has 0 amide bonds. The van der Waals surface area contributed by atoms with Crippen molar-refractivity contribution in [2.45, 2.75) is 18.7 Å². The van der Waals surface area contributed by atoms with Crippen molar-refractivity contribution in [3.8, 4) is 0 Å². The van der Waals surface area contributed by atoms with Gasteiger partial charge in [0, 0.05) is 23.5 Å². The van der Waals surface area contributed by atoms with Gasteiger partial charge in [-0.15, -0.1) is 0 Å². The number of hydrogen-bond acceptors (Lipinski definition) is 4. The summed E-state index contributed by atoms with van der Waals surface area (Å²) in [6.07, 6.45) is 1.38. The number of fused-ring (bicyclic) bond motifs is 1. The summed E-state index contributed by atoms with van der Waals surface area (Å²) in [5.41, 5.74) is -1.23. The number of aliphatic carboxylic acids is 1. The fraction of sp³-hybridized carbons (Fsp3) is 0.286. The Kier molecular flexibility index (Phi) is 4.86. The number of rotatable bonds is 5. The lowest BCUT2D eigenvalue weighted by molar-refractivity contribution is -0.146. The Morgan fingerprint density at radius 1 is 1.30 bits per heavy atom. The summed E-state index contributed by atoms with van der Waals surface area (Å²) in [6.45, 7) is 2.61. The van der Waals surface area contributed by atoms with E-state index in [-0.39, 0.29) is 16.6 Å². The first-order chi connectivity index (χ1) is 10.5. The van der Waals surface area contributed by atoms with Crippen molar-refractivity contribution >= 4 is 50.0 Å². The maximum atomic E-state index is 12.3. The van der Waals surface area contributed by atoms with Gasteiger partial charge in [-0.1, -0.05) is 29.3 Å². The third-order valence-corrected chi connectivity index (χ3v) is 5.36. The highest BCUT2D eigenvalue weighted by atomic mass is 35.5. The molecule has 0 saturated carbocycles. The Morgan fingerprint density at radius 2 is 1.96 bits per heavy atom. The van der Waals surface area contributed by atoms with Gasteiger partial charge in [-0.05, 0) is 26.0 Å². The van der Waals surface area contributed by atoms with Gasteiger partial charge in [0.15, 0.2) is 0 Å². The SMILES string of the molecule is CC(C)(CNS(=O)(=O)c1ccc2c(Cl)cnc(Cl)c2c1)C(=O)O. The molecule has 0 fully saturated rings. The second kappa shape index (κ2) is 6.24. The number of halogens is 2. The van der Waals surface area contributed by atoms with Crippen molar-refractivity contribution in [3.05, 3.63) is 34.6 Å².